The fourth-order valence-corrected chi connectivity index (χ4v) is 2.47. The molecule has 1 N–H and O–H groups in total. The van der Waals surface area contributed by atoms with Crippen molar-refractivity contribution in [1.82, 2.24) is 5.32 Å². The Labute approximate surface area is 83.6 Å². The van der Waals surface area contributed by atoms with E-state index in [1.54, 1.807) is 14.0 Å². The number of carbonyl (C=O) groups excluding carboxylic acids is 1. The third-order valence-corrected chi connectivity index (χ3v) is 3.65. The molecule has 0 saturated carbocycles. The molecule has 13 heavy (non-hydrogen) atoms. The highest BCUT2D eigenvalue weighted by atomic mass is 32.2. The summed E-state index contributed by atoms with van der Waals surface area (Å²) in [6.45, 7) is 2.55. The van der Waals surface area contributed by atoms with Gasteiger partial charge in [0.2, 0.25) is 5.91 Å². The number of hydrogen-bond donors (Lipinski definition) is 1. The van der Waals surface area contributed by atoms with Gasteiger partial charge in [-0.05, 0) is 25.5 Å². The highest BCUT2D eigenvalue weighted by Crippen LogP contribution is 2.25. The van der Waals surface area contributed by atoms with Gasteiger partial charge in [-0.1, -0.05) is 0 Å². The number of ether oxygens (including phenoxy) is 1. The van der Waals surface area contributed by atoms with E-state index < -0.39 is 0 Å². The van der Waals surface area contributed by atoms with Crippen molar-refractivity contribution in [2.24, 2.45) is 0 Å². The molecule has 0 radical (unpaired) electrons. The maximum Gasteiger partial charge on any atom is 0.248 e. The first kappa shape index (κ1) is 10.9. The first-order chi connectivity index (χ1) is 6.24. The van der Waals surface area contributed by atoms with Gasteiger partial charge in [0.1, 0.15) is 6.10 Å². The number of rotatable bonds is 4. The molecule has 0 aliphatic carbocycles. The van der Waals surface area contributed by atoms with E-state index in [4.69, 9.17) is 4.74 Å². The van der Waals surface area contributed by atoms with Gasteiger partial charge in [-0.3, -0.25) is 4.79 Å². The fraction of sp³-hybridized carbons (Fsp3) is 0.889. The Balaban J connectivity index is 2.13. The molecule has 76 valence electrons. The maximum atomic E-state index is 11.3. The molecule has 1 aliphatic heterocycles. The summed E-state index contributed by atoms with van der Waals surface area (Å²) in [7, 11) is 1.55. The lowest BCUT2D eigenvalue weighted by Crippen LogP contribution is -2.37. The molecular formula is C9H17NO2S. The first-order valence-corrected chi connectivity index (χ1v) is 5.71. The molecule has 1 rings (SSSR count). The minimum absolute atomic E-state index is 0.00463. The lowest BCUT2D eigenvalue weighted by atomic mass is 10.2. The van der Waals surface area contributed by atoms with Crippen molar-refractivity contribution >= 4 is 17.7 Å². The Kier molecular flexibility index (Phi) is 4.59. The van der Waals surface area contributed by atoms with Gasteiger partial charge in [-0.2, -0.15) is 11.8 Å². The van der Waals surface area contributed by atoms with E-state index in [1.165, 1.54) is 18.6 Å². The summed E-state index contributed by atoms with van der Waals surface area (Å²) in [5.41, 5.74) is 0. The molecule has 1 saturated heterocycles. The largest absolute Gasteiger partial charge is 0.372 e. The van der Waals surface area contributed by atoms with Crippen LogP contribution in [-0.2, 0) is 9.53 Å². The molecule has 0 aromatic rings. The minimum atomic E-state index is -0.327. The highest BCUT2D eigenvalue weighted by Gasteiger charge is 2.17. The van der Waals surface area contributed by atoms with Crippen LogP contribution in [0.4, 0.5) is 0 Å². The number of amides is 1. The molecule has 0 unspecified atom stereocenters. The molecule has 1 aliphatic rings. The summed E-state index contributed by atoms with van der Waals surface area (Å²) < 4.78 is 4.91. The van der Waals surface area contributed by atoms with Gasteiger partial charge < -0.3 is 10.1 Å². The van der Waals surface area contributed by atoms with Crippen molar-refractivity contribution in [2.75, 3.05) is 19.4 Å². The average Bonchev–Trinajstić information content (AvgIpc) is 2.65. The third kappa shape index (κ3) is 3.56. The molecular weight excluding hydrogens is 186 g/mol. The summed E-state index contributed by atoms with van der Waals surface area (Å²) in [5, 5.41) is 3.51. The number of carbonyl (C=O) groups is 1. The minimum Gasteiger partial charge on any atom is -0.372 e. The number of thioether (sulfide) groups is 1. The summed E-state index contributed by atoms with van der Waals surface area (Å²) in [6, 6.07) is 0. The molecule has 1 amide bonds. The Morgan fingerprint density at radius 1 is 1.77 bits per heavy atom. The van der Waals surface area contributed by atoms with Crippen LogP contribution in [0.15, 0.2) is 0 Å². The zero-order valence-electron chi connectivity index (χ0n) is 8.21. The zero-order valence-corrected chi connectivity index (χ0v) is 9.02. The van der Waals surface area contributed by atoms with Crippen molar-refractivity contribution in [3.63, 3.8) is 0 Å². The molecule has 0 aromatic carbocycles. The molecule has 0 spiro atoms. The molecule has 3 nitrogen and oxygen atoms in total. The monoisotopic (exact) mass is 203 g/mol. The van der Waals surface area contributed by atoms with Crippen molar-refractivity contribution in [3.05, 3.63) is 0 Å². The summed E-state index contributed by atoms with van der Waals surface area (Å²) >= 11 is 1.95. The van der Waals surface area contributed by atoms with Crippen LogP contribution in [0.25, 0.3) is 0 Å². The van der Waals surface area contributed by atoms with Crippen molar-refractivity contribution in [1.29, 1.82) is 0 Å². The van der Waals surface area contributed by atoms with Crippen LogP contribution in [-0.4, -0.2) is 36.7 Å². The highest BCUT2D eigenvalue weighted by molar-refractivity contribution is 8.00. The fourth-order valence-electron chi connectivity index (χ4n) is 1.27. The van der Waals surface area contributed by atoms with Crippen LogP contribution in [0.1, 0.15) is 19.8 Å². The average molecular weight is 203 g/mol. The Morgan fingerprint density at radius 2 is 2.54 bits per heavy atom. The van der Waals surface area contributed by atoms with Gasteiger partial charge in [0.15, 0.2) is 0 Å². The van der Waals surface area contributed by atoms with Gasteiger partial charge >= 0.3 is 0 Å². The van der Waals surface area contributed by atoms with Crippen LogP contribution >= 0.6 is 11.8 Å². The summed E-state index contributed by atoms with van der Waals surface area (Å²) in [4.78, 5) is 11.3. The number of methoxy groups -OCH3 is 1. The van der Waals surface area contributed by atoms with Crippen molar-refractivity contribution in [3.8, 4) is 0 Å². The Bertz CT molecular complexity index is 169. The standard InChI is InChI=1S/C9H17NO2S/c1-7(12-2)9(11)10-6-8-4-3-5-13-8/h7-8H,3-6H2,1-2H3,(H,10,11)/t7-,8+/m1/s1. The normalized spacial score (nSPS) is 24.3. The van der Waals surface area contributed by atoms with Crippen LogP contribution < -0.4 is 5.32 Å². The van der Waals surface area contributed by atoms with E-state index in [9.17, 15) is 4.79 Å². The van der Waals surface area contributed by atoms with E-state index in [0.29, 0.717) is 5.25 Å². The second kappa shape index (κ2) is 5.50. The zero-order chi connectivity index (χ0) is 9.68. The maximum absolute atomic E-state index is 11.3. The van der Waals surface area contributed by atoms with E-state index in [-0.39, 0.29) is 12.0 Å². The number of hydrogen-bond acceptors (Lipinski definition) is 3. The lowest BCUT2D eigenvalue weighted by Gasteiger charge is -2.13. The molecule has 0 aromatic heterocycles. The van der Waals surface area contributed by atoms with Crippen LogP contribution in [0.2, 0.25) is 0 Å². The van der Waals surface area contributed by atoms with Gasteiger partial charge in [-0.25, -0.2) is 0 Å². The van der Waals surface area contributed by atoms with Crippen LogP contribution in [0, 0.1) is 0 Å². The third-order valence-electron chi connectivity index (χ3n) is 2.25. The molecule has 1 fully saturated rings. The quantitative estimate of drug-likeness (QED) is 0.741. The van der Waals surface area contributed by atoms with E-state index in [1.807, 2.05) is 11.8 Å². The SMILES string of the molecule is CO[C@H](C)C(=O)NC[C@@H]1CCCS1. The topological polar surface area (TPSA) is 38.3 Å². The van der Waals surface area contributed by atoms with Gasteiger partial charge in [-0.15, -0.1) is 0 Å². The van der Waals surface area contributed by atoms with Gasteiger partial charge in [0, 0.05) is 18.9 Å². The molecule has 1 heterocycles. The molecule has 2 atom stereocenters. The Morgan fingerprint density at radius 3 is 3.08 bits per heavy atom. The van der Waals surface area contributed by atoms with Crippen LogP contribution in [0.5, 0.6) is 0 Å². The predicted molar refractivity (Wildman–Crippen MR) is 55.0 cm³/mol. The predicted octanol–water partition coefficient (Wildman–Crippen LogP) is 1.03. The summed E-state index contributed by atoms with van der Waals surface area (Å²) in [6.07, 6.45) is 2.18. The molecule has 4 heteroatoms. The van der Waals surface area contributed by atoms with E-state index in [2.05, 4.69) is 5.32 Å². The first-order valence-electron chi connectivity index (χ1n) is 4.66. The van der Waals surface area contributed by atoms with Gasteiger partial charge in [0.25, 0.3) is 0 Å². The van der Waals surface area contributed by atoms with Crippen molar-refractivity contribution < 1.29 is 9.53 Å². The van der Waals surface area contributed by atoms with E-state index in [0.717, 1.165) is 6.54 Å². The Hall–Kier alpha value is -0.220. The second-order valence-corrected chi connectivity index (χ2v) is 4.67. The van der Waals surface area contributed by atoms with Gasteiger partial charge in [0.05, 0.1) is 0 Å². The molecule has 0 bridgehead atoms. The van der Waals surface area contributed by atoms with Crippen LogP contribution in [0.3, 0.4) is 0 Å². The second-order valence-electron chi connectivity index (χ2n) is 3.26. The number of nitrogens with one attached hydrogen (secondary N) is 1. The lowest BCUT2D eigenvalue weighted by molar-refractivity contribution is -0.129. The smallest absolute Gasteiger partial charge is 0.248 e. The van der Waals surface area contributed by atoms with E-state index >= 15 is 0 Å². The summed E-state index contributed by atoms with van der Waals surface area (Å²) in [5.74, 6) is 1.23. The van der Waals surface area contributed by atoms with Crippen molar-refractivity contribution in [2.45, 2.75) is 31.1 Å².